The summed E-state index contributed by atoms with van der Waals surface area (Å²) >= 11 is 0. The number of carboxylic acid groups (broad SMARTS) is 2. The predicted octanol–water partition coefficient (Wildman–Crippen LogP) is -0.394. The van der Waals surface area contributed by atoms with E-state index in [1.807, 2.05) is 0 Å². The van der Waals surface area contributed by atoms with Crippen molar-refractivity contribution in [3.63, 3.8) is 0 Å². The van der Waals surface area contributed by atoms with Crippen LogP contribution >= 0.6 is 0 Å². The maximum atomic E-state index is 9.92. The number of hydrogen-bond acceptors (Lipinski definition) is 6. The fourth-order valence-electron chi connectivity index (χ4n) is 0.620. The molecular weight excluding hydrogens is 285 g/mol. The Bertz CT molecular complexity index is 411. The third-order valence-electron chi connectivity index (χ3n) is 1.24. The Balaban J connectivity index is 0.000000284. The standard InChI is InChI=1S/2C3H3N3O2.Zn/c2*7-3(8)6-2-1-4-5-6;/h2*1-2H,(H,7,8);. The quantitative estimate of drug-likeness (QED) is 0.626. The Morgan fingerprint density at radius 2 is 1.24 bits per heavy atom. The van der Waals surface area contributed by atoms with E-state index < -0.39 is 12.2 Å². The summed E-state index contributed by atoms with van der Waals surface area (Å²) in [7, 11) is 0. The van der Waals surface area contributed by atoms with Crippen LogP contribution in [0.15, 0.2) is 24.8 Å². The summed E-state index contributed by atoms with van der Waals surface area (Å²) in [6.45, 7) is 0. The van der Waals surface area contributed by atoms with Crippen molar-refractivity contribution in [1.29, 1.82) is 0 Å². The van der Waals surface area contributed by atoms with Gasteiger partial charge in [-0.3, -0.25) is 0 Å². The average Bonchev–Trinajstić information content (AvgIpc) is 2.93. The normalized spacial score (nSPS) is 8.47. The third kappa shape index (κ3) is 4.93. The Morgan fingerprint density at radius 1 is 0.882 bits per heavy atom. The van der Waals surface area contributed by atoms with Gasteiger partial charge in [-0.25, -0.2) is 9.59 Å². The molecule has 0 fully saturated rings. The second kappa shape index (κ2) is 7.17. The van der Waals surface area contributed by atoms with E-state index in [0.29, 0.717) is 0 Å². The van der Waals surface area contributed by atoms with E-state index in [0.717, 1.165) is 9.36 Å². The van der Waals surface area contributed by atoms with Crippen LogP contribution in [0.25, 0.3) is 0 Å². The summed E-state index contributed by atoms with van der Waals surface area (Å²) in [5.74, 6) is 0. The van der Waals surface area contributed by atoms with Crippen molar-refractivity contribution < 1.29 is 39.3 Å². The van der Waals surface area contributed by atoms with Crippen molar-refractivity contribution in [2.45, 2.75) is 0 Å². The van der Waals surface area contributed by atoms with Crippen LogP contribution in [0.4, 0.5) is 9.59 Å². The van der Waals surface area contributed by atoms with Gasteiger partial charge in [0.1, 0.15) is 0 Å². The van der Waals surface area contributed by atoms with Crippen molar-refractivity contribution in [3.05, 3.63) is 24.8 Å². The predicted molar refractivity (Wildman–Crippen MR) is 46.9 cm³/mol. The summed E-state index contributed by atoms with van der Waals surface area (Å²) in [5.41, 5.74) is 0. The Labute approximate surface area is 107 Å². The summed E-state index contributed by atoms with van der Waals surface area (Å²) < 4.78 is 1.44. The first kappa shape index (κ1) is 14.8. The molecule has 0 radical (unpaired) electrons. The molecule has 0 saturated heterocycles. The second-order valence-corrected chi connectivity index (χ2v) is 2.26. The van der Waals surface area contributed by atoms with Crippen LogP contribution < -0.4 is 0 Å². The van der Waals surface area contributed by atoms with E-state index >= 15 is 0 Å². The smallest absolute Gasteiger partial charge is 0.433 e. The van der Waals surface area contributed by atoms with Crippen molar-refractivity contribution in [2.75, 3.05) is 0 Å². The molecule has 11 heteroatoms. The van der Waals surface area contributed by atoms with Crippen LogP contribution in [0.1, 0.15) is 0 Å². The van der Waals surface area contributed by atoms with Gasteiger partial charge in [0.2, 0.25) is 0 Å². The van der Waals surface area contributed by atoms with E-state index in [1.165, 1.54) is 24.8 Å². The van der Waals surface area contributed by atoms with Gasteiger partial charge >= 0.3 is 12.2 Å². The van der Waals surface area contributed by atoms with Crippen molar-refractivity contribution >= 4 is 12.2 Å². The minimum absolute atomic E-state index is 0. The number of carbonyl (C=O) groups is 2. The number of aromatic nitrogens is 6. The van der Waals surface area contributed by atoms with Crippen LogP contribution in [0.5, 0.6) is 0 Å². The van der Waals surface area contributed by atoms with Gasteiger partial charge in [0, 0.05) is 19.5 Å². The topological polar surface area (TPSA) is 136 Å². The summed E-state index contributed by atoms with van der Waals surface area (Å²) in [6.07, 6.45) is 2.86. The molecule has 0 atom stereocenters. The van der Waals surface area contributed by atoms with Gasteiger partial charge < -0.3 is 10.2 Å². The first-order valence-electron chi connectivity index (χ1n) is 3.80. The summed E-state index contributed by atoms with van der Waals surface area (Å²) in [6, 6.07) is 0. The molecule has 0 aromatic carbocycles. The van der Waals surface area contributed by atoms with E-state index in [2.05, 4.69) is 20.6 Å². The van der Waals surface area contributed by atoms with Crippen LogP contribution in [0.2, 0.25) is 0 Å². The zero-order valence-corrected chi connectivity index (χ0v) is 11.4. The molecule has 0 aliphatic carbocycles. The van der Waals surface area contributed by atoms with Crippen LogP contribution in [-0.2, 0) is 19.5 Å². The molecule has 2 heterocycles. The second-order valence-electron chi connectivity index (χ2n) is 2.26. The molecule has 2 aromatic heterocycles. The van der Waals surface area contributed by atoms with Gasteiger partial charge in [-0.2, -0.15) is 9.36 Å². The van der Waals surface area contributed by atoms with Crippen molar-refractivity contribution in [3.8, 4) is 0 Å². The molecule has 0 saturated carbocycles. The minimum Gasteiger partial charge on any atom is -0.463 e. The molecule has 0 amide bonds. The van der Waals surface area contributed by atoms with Crippen LogP contribution in [0.3, 0.4) is 0 Å². The van der Waals surface area contributed by atoms with Gasteiger partial charge in [-0.05, 0) is 0 Å². The maximum Gasteiger partial charge on any atom is 0.433 e. The monoisotopic (exact) mass is 290 g/mol. The first-order chi connectivity index (χ1) is 7.61. The molecule has 2 N–H and O–H groups in total. The van der Waals surface area contributed by atoms with Gasteiger partial charge in [-0.15, -0.1) is 10.2 Å². The molecule has 10 nitrogen and oxygen atoms in total. The Morgan fingerprint density at radius 3 is 1.35 bits per heavy atom. The Kier molecular flexibility index (Phi) is 6.26. The minimum atomic E-state index is -1.12. The zero-order chi connectivity index (χ0) is 12.0. The van der Waals surface area contributed by atoms with Crippen molar-refractivity contribution in [2.24, 2.45) is 0 Å². The third-order valence-corrected chi connectivity index (χ3v) is 1.24. The molecular formula is C6H6N6O4Zn. The zero-order valence-electron chi connectivity index (χ0n) is 8.41. The first-order valence-corrected chi connectivity index (χ1v) is 3.80. The molecule has 17 heavy (non-hydrogen) atoms. The number of hydrogen-bond donors (Lipinski definition) is 2. The number of rotatable bonds is 0. The van der Waals surface area contributed by atoms with Crippen LogP contribution in [-0.4, -0.2) is 52.4 Å². The van der Waals surface area contributed by atoms with Gasteiger partial charge in [0.15, 0.2) is 0 Å². The van der Waals surface area contributed by atoms with Gasteiger partial charge in [0.25, 0.3) is 0 Å². The molecule has 0 bridgehead atoms. The molecule has 0 spiro atoms. The van der Waals surface area contributed by atoms with Crippen LogP contribution in [0, 0.1) is 0 Å². The van der Waals surface area contributed by atoms with Gasteiger partial charge in [0.05, 0.1) is 24.8 Å². The molecule has 0 aliphatic heterocycles. The van der Waals surface area contributed by atoms with E-state index in [1.54, 1.807) is 0 Å². The number of nitrogens with zero attached hydrogens (tertiary/aromatic N) is 6. The molecule has 86 valence electrons. The van der Waals surface area contributed by atoms with Gasteiger partial charge in [-0.1, -0.05) is 10.4 Å². The van der Waals surface area contributed by atoms with E-state index in [-0.39, 0.29) is 19.5 Å². The molecule has 0 unspecified atom stereocenters. The fourth-order valence-corrected chi connectivity index (χ4v) is 0.620. The summed E-state index contributed by atoms with van der Waals surface area (Å²) in [5, 5.41) is 29.2. The molecule has 2 rings (SSSR count). The Hall–Kier alpha value is -2.16. The van der Waals surface area contributed by atoms with Crippen molar-refractivity contribution in [1.82, 2.24) is 30.0 Å². The molecule has 0 aliphatic rings. The fraction of sp³-hybridized carbons (Fsp3) is 0. The largest absolute Gasteiger partial charge is 0.463 e. The average molecular weight is 292 g/mol. The maximum absolute atomic E-state index is 9.92. The van der Waals surface area contributed by atoms with E-state index in [9.17, 15) is 9.59 Å². The van der Waals surface area contributed by atoms with E-state index in [4.69, 9.17) is 10.2 Å². The summed E-state index contributed by atoms with van der Waals surface area (Å²) in [4.78, 5) is 19.8. The molecule has 2 aromatic rings. The SMILES string of the molecule is O=C(O)n1ccnn1.O=C(O)n1ccnn1.[Zn].